The summed E-state index contributed by atoms with van der Waals surface area (Å²) in [5, 5.41) is 1.29. The lowest BCUT2D eigenvalue weighted by molar-refractivity contribution is 0.0722. The molecule has 11 heteroatoms. The van der Waals surface area contributed by atoms with Gasteiger partial charge in [0.25, 0.3) is 5.56 Å². The number of ether oxygens (including phenoxy) is 2. The number of benzene rings is 1. The number of hydrogen-bond acceptors (Lipinski definition) is 8. The zero-order valence-electron chi connectivity index (χ0n) is 22.5. The highest BCUT2D eigenvalue weighted by atomic mass is 35.5. The summed E-state index contributed by atoms with van der Waals surface area (Å²) in [5.74, 6) is 0.905. The van der Waals surface area contributed by atoms with Gasteiger partial charge >= 0.3 is 0 Å². The number of nitrogens with two attached hydrogens (primary N) is 1. The van der Waals surface area contributed by atoms with Gasteiger partial charge in [-0.25, -0.2) is 9.98 Å². The molecule has 9 nitrogen and oxygen atoms in total. The Morgan fingerprint density at radius 3 is 2.79 bits per heavy atom. The minimum absolute atomic E-state index is 0.0669. The summed E-state index contributed by atoms with van der Waals surface area (Å²) in [5.41, 5.74) is 6.86. The van der Waals surface area contributed by atoms with Crippen LogP contribution in [0.15, 0.2) is 49.4 Å². The van der Waals surface area contributed by atoms with E-state index in [1.807, 2.05) is 26.8 Å². The molecule has 0 aliphatic carbocycles. The smallest absolute Gasteiger partial charge is 0.262 e. The van der Waals surface area contributed by atoms with Crippen molar-refractivity contribution in [1.29, 1.82) is 0 Å². The molecule has 2 saturated heterocycles. The lowest BCUT2D eigenvalue weighted by Gasteiger charge is -2.41. The van der Waals surface area contributed by atoms with Crippen molar-refractivity contribution in [3.05, 3.63) is 45.1 Å². The third kappa shape index (κ3) is 6.15. The van der Waals surface area contributed by atoms with Crippen LogP contribution in [0.1, 0.15) is 40.5 Å². The molecule has 1 aromatic heterocycles. The summed E-state index contributed by atoms with van der Waals surface area (Å²) < 4.78 is 12.9. The number of likely N-dealkylation sites (tertiary alicyclic amines) is 1. The van der Waals surface area contributed by atoms with Gasteiger partial charge in [0, 0.05) is 29.4 Å². The first kappa shape index (κ1) is 28.8. The van der Waals surface area contributed by atoms with E-state index in [1.165, 1.54) is 22.7 Å². The summed E-state index contributed by atoms with van der Waals surface area (Å²) in [6, 6.07) is 3.70. The van der Waals surface area contributed by atoms with E-state index in [2.05, 4.69) is 33.5 Å². The molecular formula is C27H37ClN6O3S. The first-order valence-corrected chi connectivity index (χ1v) is 14.1. The van der Waals surface area contributed by atoms with E-state index in [4.69, 9.17) is 26.8 Å². The van der Waals surface area contributed by atoms with E-state index >= 15 is 0 Å². The molecule has 4 rings (SSSR count). The van der Waals surface area contributed by atoms with Crippen LogP contribution in [0.25, 0.3) is 10.9 Å². The van der Waals surface area contributed by atoms with E-state index < -0.39 is 0 Å². The van der Waals surface area contributed by atoms with Gasteiger partial charge in [0.2, 0.25) is 0 Å². The van der Waals surface area contributed by atoms with Crippen LogP contribution in [0, 0.1) is 5.41 Å². The van der Waals surface area contributed by atoms with Crippen molar-refractivity contribution < 1.29 is 9.47 Å². The number of aliphatic imine (C=N–C) groups is 2. The van der Waals surface area contributed by atoms with Crippen LogP contribution in [0.2, 0.25) is 5.02 Å². The summed E-state index contributed by atoms with van der Waals surface area (Å²) in [4.78, 5) is 29.3. The molecule has 2 atom stereocenters. The molecule has 2 N–H and O–H groups in total. The number of thioether (sulfide) groups is 1. The van der Waals surface area contributed by atoms with Crippen molar-refractivity contribution in [1.82, 2.24) is 14.5 Å². The third-order valence-electron chi connectivity index (χ3n) is 7.47. The zero-order chi connectivity index (χ0) is 27.4. The molecular weight excluding hydrogens is 524 g/mol. The summed E-state index contributed by atoms with van der Waals surface area (Å²) in [7, 11) is 0. The topological polar surface area (TPSA) is 107 Å². The van der Waals surface area contributed by atoms with Gasteiger partial charge in [0.1, 0.15) is 10.9 Å². The summed E-state index contributed by atoms with van der Waals surface area (Å²) >= 11 is 8.02. The Hall–Kier alpha value is -2.24. The van der Waals surface area contributed by atoms with Crippen LogP contribution in [-0.4, -0.2) is 71.6 Å². The molecule has 2 aliphatic rings. The maximum Gasteiger partial charge on any atom is 0.262 e. The number of aromatic nitrogens is 2. The molecule has 0 amide bonds. The van der Waals surface area contributed by atoms with Crippen molar-refractivity contribution in [2.45, 2.75) is 70.2 Å². The second-order valence-electron chi connectivity index (χ2n) is 10.2. The SMILES string of the molecule is C=N/C(=C\N=C(/C)N1CCC2(CC1)CO[C@@H](C)[C@H]2N)Sc1ccc2ncn(CCOC(C)C)c(=O)c2c1Cl. The van der Waals surface area contributed by atoms with Gasteiger partial charge in [0.05, 0.1) is 60.4 Å². The highest BCUT2D eigenvalue weighted by Crippen LogP contribution is 2.41. The van der Waals surface area contributed by atoms with Crippen molar-refractivity contribution in [3.8, 4) is 0 Å². The number of hydrogen-bond donors (Lipinski definition) is 1. The number of halogens is 1. The van der Waals surface area contributed by atoms with Gasteiger partial charge in [-0.3, -0.25) is 14.4 Å². The van der Waals surface area contributed by atoms with Crippen LogP contribution in [0.3, 0.4) is 0 Å². The minimum Gasteiger partial charge on any atom is -0.377 e. The van der Waals surface area contributed by atoms with Crippen LogP contribution in [0.4, 0.5) is 0 Å². The number of nitrogens with zero attached hydrogens (tertiary/aromatic N) is 5. The Labute approximate surface area is 233 Å². The monoisotopic (exact) mass is 560 g/mol. The largest absolute Gasteiger partial charge is 0.377 e. The summed E-state index contributed by atoms with van der Waals surface area (Å²) in [6.07, 6.45) is 5.38. The minimum atomic E-state index is -0.203. The van der Waals surface area contributed by atoms with E-state index in [9.17, 15) is 4.79 Å². The Kier molecular flexibility index (Phi) is 9.31. The Morgan fingerprint density at radius 2 is 2.16 bits per heavy atom. The third-order valence-corrected chi connectivity index (χ3v) is 8.98. The van der Waals surface area contributed by atoms with E-state index in [0.717, 1.165) is 38.4 Å². The Balaban J connectivity index is 1.47. The second kappa shape index (κ2) is 12.3. The second-order valence-corrected chi connectivity index (χ2v) is 11.7. The normalized spacial score (nSPS) is 22.1. The van der Waals surface area contributed by atoms with Crippen LogP contribution in [-0.2, 0) is 16.0 Å². The fraction of sp³-hybridized carbons (Fsp3) is 0.556. The van der Waals surface area contributed by atoms with E-state index in [1.54, 1.807) is 12.3 Å². The molecule has 0 bridgehead atoms. The molecule has 206 valence electrons. The predicted molar refractivity (Wildman–Crippen MR) is 155 cm³/mol. The van der Waals surface area contributed by atoms with Gasteiger partial charge in [-0.05, 0) is 59.4 Å². The molecule has 2 aliphatic heterocycles. The fourth-order valence-corrected chi connectivity index (χ4v) is 6.08. The maximum absolute atomic E-state index is 13.1. The van der Waals surface area contributed by atoms with E-state index in [-0.39, 0.29) is 29.2 Å². The van der Waals surface area contributed by atoms with Gasteiger partial charge in [0.15, 0.2) is 0 Å². The number of fused-ring (bicyclic) bond motifs is 1. The molecule has 1 spiro atoms. The zero-order valence-corrected chi connectivity index (χ0v) is 24.1. The highest BCUT2D eigenvalue weighted by Gasteiger charge is 2.47. The van der Waals surface area contributed by atoms with E-state index in [0.29, 0.717) is 39.0 Å². The average molecular weight is 561 g/mol. The predicted octanol–water partition coefficient (Wildman–Crippen LogP) is 4.31. The summed E-state index contributed by atoms with van der Waals surface area (Å²) in [6.45, 7) is 15.0. The molecule has 0 saturated carbocycles. The first-order chi connectivity index (χ1) is 18.1. The lowest BCUT2D eigenvalue weighted by atomic mass is 9.73. The number of piperidine rings is 1. The fourth-order valence-electron chi connectivity index (χ4n) is 5.00. The molecule has 3 heterocycles. The van der Waals surface area contributed by atoms with Gasteiger partial charge in [-0.2, -0.15) is 0 Å². The highest BCUT2D eigenvalue weighted by molar-refractivity contribution is 8.03. The standard InChI is InChI=1S/C27H37ClN6O3S/c1-17(2)36-13-12-34-16-32-20-6-7-21(24(28)23(20)26(34)35)38-22(30-5)14-31-19(4)33-10-8-27(9-11-33)15-37-18(3)25(27)29/h6-7,14,16-18,25H,5,8-13,15,29H2,1-4H3/b22-14+,31-19+/t18-,25+/m0/s1. The molecule has 2 aromatic rings. The lowest BCUT2D eigenvalue weighted by Crippen LogP contribution is -2.51. The number of amidine groups is 1. The van der Waals surface area contributed by atoms with Crippen LogP contribution in [0.5, 0.6) is 0 Å². The first-order valence-electron chi connectivity index (χ1n) is 13.0. The van der Waals surface area contributed by atoms with Crippen LogP contribution >= 0.6 is 23.4 Å². The number of rotatable bonds is 8. The quantitative estimate of drug-likeness (QED) is 0.291. The molecule has 0 unspecified atom stereocenters. The average Bonchev–Trinajstić information content (AvgIpc) is 3.17. The molecule has 1 aromatic carbocycles. The van der Waals surface area contributed by atoms with Gasteiger partial charge in [-0.1, -0.05) is 23.4 Å². The van der Waals surface area contributed by atoms with Crippen LogP contribution < -0.4 is 11.3 Å². The molecule has 0 radical (unpaired) electrons. The van der Waals surface area contributed by atoms with Crippen molar-refractivity contribution in [3.63, 3.8) is 0 Å². The Bertz CT molecular complexity index is 1290. The van der Waals surface area contributed by atoms with Crippen molar-refractivity contribution in [2.24, 2.45) is 21.1 Å². The van der Waals surface area contributed by atoms with Gasteiger partial charge in [-0.15, -0.1) is 0 Å². The maximum atomic E-state index is 13.1. The molecule has 38 heavy (non-hydrogen) atoms. The van der Waals surface area contributed by atoms with Crippen molar-refractivity contribution >= 4 is 46.8 Å². The van der Waals surface area contributed by atoms with Crippen molar-refractivity contribution in [2.75, 3.05) is 26.3 Å². The Morgan fingerprint density at radius 1 is 1.42 bits per heavy atom. The molecule has 2 fully saturated rings. The van der Waals surface area contributed by atoms with Gasteiger partial charge < -0.3 is 20.1 Å².